The van der Waals surface area contributed by atoms with Crippen molar-refractivity contribution in [3.05, 3.63) is 91.1 Å². The number of imidazole rings is 2. The maximum absolute atomic E-state index is 4.67. The first-order valence-electron chi connectivity index (χ1n) is 9.08. The largest absolute Gasteiger partial charge is 0.343 e. The number of rotatable bonds is 5. The minimum absolute atomic E-state index is 0.621. The van der Waals surface area contributed by atoms with E-state index in [9.17, 15) is 0 Å². The van der Waals surface area contributed by atoms with Crippen molar-refractivity contribution in [3.8, 4) is 34.0 Å². The van der Waals surface area contributed by atoms with Gasteiger partial charge in [0.2, 0.25) is 0 Å². The molecule has 0 aliphatic carbocycles. The van der Waals surface area contributed by atoms with Crippen LogP contribution < -0.4 is 0 Å². The van der Waals surface area contributed by atoms with Crippen molar-refractivity contribution in [3.63, 3.8) is 0 Å². The fourth-order valence-electron chi connectivity index (χ4n) is 3.34. The Balaban J connectivity index is 1.53. The van der Waals surface area contributed by atoms with Crippen molar-refractivity contribution in [1.82, 2.24) is 29.7 Å². The van der Waals surface area contributed by atoms with E-state index < -0.39 is 0 Å². The normalized spacial score (nSPS) is 11.0. The Morgan fingerprint density at radius 1 is 0.857 bits per heavy atom. The number of hydrogen-bond donors (Lipinski definition) is 2. The molecule has 0 atom stereocenters. The van der Waals surface area contributed by atoms with Crippen LogP contribution in [0.2, 0.25) is 0 Å². The second-order valence-electron chi connectivity index (χ2n) is 6.52. The van der Waals surface area contributed by atoms with Crippen molar-refractivity contribution in [2.45, 2.75) is 6.54 Å². The fraction of sp³-hybridized carbons (Fsp3) is 0.0455. The fourth-order valence-corrected chi connectivity index (χ4v) is 3.34. The molecule has 0 bridgehead atoms. The van der Waals surface area contributed by atoms with Crippen LogP contribution in [-0.4, -0.2) is 29.7 Å². The summed E-state index contributed by atoms with van der Waals surface area (Å²) in [5, 5.41) is 7.60. The van der Waals surface area contributed by atoms with Crippen LogP contribution >= 0.6 is 0 Å². The number of aromatic amines is 2. The van der Waals surface area contributed by atoms with Crippen LogP contribution in [0, 0.1) is 0 Å². The van der Waals surface area contributed by atoms with Crippen molar-refractivity contribution in [2.24, 2.45) is 0 Å². The molecule has 0 aliphatic heterocycles. The second-order valence-corrected chi connectivity index (χ2v) is 6.52. The second kappa shape index (κ2) is 7.00. The SMILES string of the molecule is c1ccc(-c2cc(Cn3cnc(-c4ccccc4)c3-c3ncc[nH]3)[nH]n2)cc1. The number of hydrogen-bond acceptors (Lipinski definition) is 3. The summed E-state index contributed by atoms with van der Waals surface area (Å²) in [7, 11) is 0. The van der Waals surface area contributed by atoms with Crippen LogP contribution in [0.3, 0.4) is 0 Å². The zero-order valence-corrected chi connectivity index (χ0v) is 15.1. The minimum Gasteiger partial charge on any atom is -0.343 e. The average molecular weight is 366 g/mol. The Morgan fingerprint density at radius 3 is 2.32 bits per heavy atom. The standard InChI is InChI=1S/C22H18N6/c1-3-7-16(8-4-1)19-13-18(26-27-19)14-28-15-25-20(17-9-5-2-6-10-17)21(28)22-23-11-12-24-22/h1-13,15H,14H2,(H,23,24)(H,26,27). The summed E-state index contributed by atoms with van der Waals surface area (Å²) >= 11 is 0. The summed E-state index contributed by atoms with van der Waals surface area (Å²) in [5.41, 5.74) is 5.93. The predicted molar refractivity (Wildman–Crippen MR) is 108 cm³/mol. The van der Waals surface area contributed by atoms with Gasteiger partial charge in [-0.2, -0.15) is 5.10 Å². The third-order valence-electron chi connectivity index (χ3n) is 4.65. The summed E-state index contributed by atoms with van der Waals surface area (Å²) < 4.78 is 2.09. The molecule has 0 amide bonds. The molecule has 5 aromatic rings. The van der Waals surface area contributed by atoms with Crippen molar-refractivity contribution >= 4 is 0 Å². The van der Waals surface area contributed by atoms with Gasteiger partial charge >= 0.3 is 0 Å². The summed E-state index contributed by atoms with van der Waals surface area (Å²) in [6.07, 6.45) is 5.43. The molecular weight excluding hydrogens is 348 g/mol. The van der Waals surface area contributed by atoms with Gasteiger partial charge in [-0.3, -0.25) is 5.10 Å². The van der Waals surface area contributed by atoms with Gasteiger partial charge in [-0.05, 0) is 6.07 Å². The molecule has 2 aromatic carbocycles. The molecule has 0 saturated carbocycles. The highest BCUT2D eigenvalue weighted by Gasteiger charge is 2.17. The molecular formula is C22H18N6. The lowest BCUT2D eigenvalue weighted by Gasteiger charge is -2.07. The molecule has 0 aliphatic rings. The van der Waals surface area contributed by atoms with E-state index in [-0.39, 0.29) is 0 Å². The van der Waals surface area contributed by atoms with E-state index in [1.54, 1.807) is 6.20 Å². The van der Waals surface area contributed by atoms with Crippen molar-refractivity contribution in [1.29, 1.82) is 0 Å². The Hall–Kier alpha value is -3.93. The number of benzene rings is 2. The van der Waals surface area contributed by atoms with Gasteiger partial charge in [-0.1, -0.05) is 60.7 Å². The zero-order chi connectivity index (χ0) is 18.8. The Labute approximate surface area is 161 Å². The lowest BCUT2D eigenvalue weighted by atomic mass is 10.1. The third-order valence-corrected chi connectivity index (χ3v) is 4.65. The lowest BCUT2D eigenvalue weighted by Crippen LogP contribution is -2.02. The van der Waals surface area contributed by atoms with Gasteiger partial charge in [0, 0.05) is 23.5 Å². The third kappa shape index (κ3) is 3.01. The van der Waals surface area contributed by atoms with E-state index in [4.69, 9.17) is 0 Å². The predicted octanol–water partition coefficient (Wildman–Crippen LogP) is 4.38. The molecule has 0 radical (unpaired) electrons. The first-order valence-corrected chi connectivity index (χ1v) is 9.08. The van der Waals surface area contributed by atoms with E-state index in [1.165, 1.54) is 0 Å². The Kier molecular flexibility index (Phi) is 4.06. The number of nitrogens with zero attached hydrogens (tertiary/aromatic N) is 4. The molecule has 6 heteroatoms. The molecule has 6 nitrogen and oxygen atoms in total. The molecule has 0 fully saturated rings. The lowest BCUT2D eigenvalue weighted by molar-refractivity contribution is 0.770. The summed E-state index contributed by atoms with van der Waals surface area (Å²) in [4.78, 5) is 12.3. The van der Waals surface area contributed by atoms with Gasteiger partial charge < -0.3 is 9.55 Å². The van der Waals surface area contributed by atoms with Crippen LogP contribution in [0.15, 0.2) is 85.5 Å². The zero-order valence-electron chi connectivity index (χ0n) is 15.1. The van der Waals surface area contributed by atoms with Crippen molar-refractivity contribution < 1.29 is 0 Å². The van der Waals surface area contributed by atoms with Gasteiger partial charge in [0.1, 0.15) is 5.69 Å². The molecule has 0 spiro atoms. The van der Waals surface area contributed by atoms with E-state index >= 15 is 0 Å². The molecule has 0 unspecified atom stereocenters. The van der Waals surface area contributed by atoms with Gasteiger partial charge in [0.15, 0.2) is 5.82 Å². The highest BCUT2D eigenvalue weighted by molar-refractivity contribution is 5.75. The smallest absolute Gasteiger partial charge is 0.156 e. The highest BCUT2D eigenvalue weighted by atomic mass is 15.2. The molecule has 0 saturated heterocycles. The summed E-state index contributed by atoms with van der Waals surface area (Å²) in [5.74, 6) is 0.791. The molecule has 3 heterocycles. The maximum Gasteiger partial charge on any atom is 0.156 e. The minimum atomic E-state index is 0.621. The highest BCUT2D eigenvalue weighted by Crippen LogP contribution is 2.29. The van der Waals surface area contributed by atoms with Crippen LogP contribution in [0.1, 0.15) is 5.69 Å². The van der Waals surface area contributed by atoms with Crippen LogP contribution in [0.5, 0.6) is 0 Å². The Morgan fingerprint density at radius 2 is 1.61 bits per heavy atom. The van der Waals surface area contributed by atoms with Gasteiger partial charge in [-0.15, -0.1) is 0 Å². The molecule has 5 rings (SSSR count). The monoisotopic (exact) mass is 366 g/mol. The topological polar surface area (TPSA) is 75.2 Å². The molecule has 2 N–H and O–H groups in total. The van der Waals surface area contributed by atoms with Crippen molar-refractivity contribution in [2.75, 3.05) is 0 Å². The van der Waals surface area contributed by atoms with Gasteiger partial charge in [-0.25, -0.2) is 9.97 Å². The molecule has 3 aromatic heterocycles. The summed E-state index contributed by atoms with van der Waals surface area (Å²) in [6, 6.07) is 22.4. The number of nitrogens with one attached hydrogen (secondary N) is 2. The maximum atomic E-state index is 4.67. The van der Waals surface area contributed by atoms with Crippen LogP contribution in [0.25, 0.3) is 34.0 Å². The molecule has 28 heavy (non-hydrogen) atoms. The van der Waals surface area contributed by atoms with Crippen LogP contribution in [0.4, 0.5) is 0 Å². The number of aromatic nitrogens is 6. The number of H-pyrrole nitrogens is 2. The van der Waals surface area contributed by atoms with E-state index in [1.807, 2.05) is 48.9 Å². The van der Waals surface area contributed by atoms with E-state index in [0.29, 0.717) is 6.54 Å². The van der Waals surface area contributed by atoms with Crippen LogP contribution in [-0.2, 0) is 6.54 Å². The van der Waals surface area contributed by atoms with E-state index in [0.717, 1.165) is 39.7 Å². The van der Waals surface area contributed by atoms with Gasteiger partial charge in [0.25, 0.3) is 0 Å². The summed E-state index contributed by atoms with van der Waals surface area (Å²) in [6.45, 7) is 0.621. The van der Waals surface area contributed by atoms with Gasteiger partial charge in [0.05, 0.1) is 30.0 Å². The first kappa shape index (κ1) is 16.3. The average Bonchev–Trinajstić information content (AvgIpc) is 3.50. The first-order chi connectivity index (χ1) is 13.9. The molecule has 136 valence electrons. The quantitative estimate of drug-likeness (QED) is 0.485. The Bertz CT molecular complexity index is 1170. The van der Waals surface area contributed by atoms with E-state index in [2.05, 4.69) is 60.0 Å².